The molecule has 4 heteroatoms. The van der Waals surface area contributed by atoms with Crippen LogP contribution in [0, 0.1) is 15.4 Å². The van der Waals surface area contributed by atoms with Crippen LogP contribution in [-0.2, 0) is 4.79 Å². The molecule has 0 spiro atoms. The molecule has 1 aromatic rings. The van der Waals surface area contributed by atoms with Crippen molar-refractivity contribution >= 4 is 34.3 Å². The number of halogens is 1. The van der Waals surface area contributed by atoms with Gasteiger partial charge in [0.2, 0.25) is 0 Å². The van der Waals surface area contributed by atoms with Crippen molar-refractivity contribution in [3.63, 3.8) is 0 Å². The van der Waals surface area contributed by atoms with Crippen LogP contribution < -0.4 is 5.32 Å². The van der Waals surface area contributed by atoms with Crippen molar-refractivity contribution in [2.24, 2.45) is 0 Å². The van der Waals surface area contributed by atoms with Gasteiger partial charge in [-0.1, -0.05) is 5.92 Å². The Kier molecular flexibility index (Phi) is 3.71. The largest absolute Gasteiger partial charge is 0.301 e. The number of anilines is 1. The average Bonchev–Trinajstić information content (AvgIpc) is 2.09. The summed E-state index contributed by atoms with van der Waals surface area (Å²) in [5.74, 6) is 5.06. The van der Waals surface area contributed by atoms with Crippen LogP contribution in [0.15, 0.2) is 18.3 Å². The van der Waals surface area contributed by atoms with Gasteiger partial charge < -0.3 is 0 Å². The molecule has 0 aliphatic heterocycles. The lowest BCUT2D eigenvalue weighted by Gasteiger charge is -1.98. The maximum absolute atomic E-state index is 11.0. The van der Waals surface area contributed by atoms with Crippen LogP contribution in [0.4, 0.5) is 5.82 Å². The van der Waals surface area contributed by atoms with E-state index in [9.17, 15) is 4.79 Å². The van der Waals surface area contributed by atoms with E-state index < -0.39 is 0 Å². The average molecular weight is 286 g/mol. The van der Waals surface area contributed by atoms with Gasteiger partial charge in [0.1, 0.15) is 5.82 Å². The van der Waals surface area contributed by atoms with Gasteiger partial charge in [0.05, 0.1) is 0 Å². The second-order valence-corrected chi connectivity index (χ2v) is 3.44. The number of nitrogens with one attached hydrogen (secondary N) is 1. The molecule has 13 heavy (non-hydrogen) atoms. The van der Waals surface area contributed by atoms with Crippen LogP contribution in [0.5, 0.6) is 0 Å². The maximum atomic E-state index is 11.0. The first-order valence-corrected chi connectivity index (χ1v) is 4.65. The Morgan fingerprint density at radius 2 is 2.38 bits per heavy atom. The number of amides is 1. The smallest absolute Gasteiger partial charge is 0.300 e. The summed E-state index contributed by atoms with van der Waals surface area (Å²) in [5.41, 5.74) is 0. The molecule has 0 radical (unpaired) electrons. The first-order valence-electron chi connectivity index (χ1n) is 3.57. The highest BCUT2D eigenvalue weighted by molar-refractivity contribution is 14.1. The molecule has 0 aliphatic rings. The van der Waals surface area contributed by atoms with Crippen LogP contribution in [0.3, 0.4) is 0 Å². The van der Waals surface area contributed by atoms with Crippen molar-refractivity contribution in [3.05, 3.63) is 21.9 Å². The van der Waals surface area contributed by atoms with Gasteiger partial charge in [0.25, 0.3) is 0 Å². The van der Waals surface area contributed by atoms with E-state index in [-0.39, 0.29) is 5.91 Å². The van der Waals surface area contributed by atoms with Crippen LogP contribution in [-0.4, -0.2) is 10.9 Å². The number of hydrogen-bond acceptors (Lipinski definition) is 2. The molecular formula is C9H7IN2O. The number of hydrogen-bond donors (Lipinski definition) is 1. The van der Waals surface area contributed by atoms with Gasteiger partial charge >= 0.3 is 5.91 Å². The minimum Gasteiger partial charge on any atom is -0.300 e. The van der Waals surface area contributed by atoms with E-state index >= 15 is 0 Å². The Hall–Kier alpha value is -1.09. The summed E-state index contributed by atoms with van der Waals surface area (Å²) >= 11 is 2.14. The predicted octanol–water partition coefficient (Wildman–Crippen LogP) is 1.65. The fraction of sp³-hybridized carbons (Fsp3) is 0.111. The number of nitrogens with zero attached hydrogens (tertiary/aromatic N) is 1. The Morgan fingerprint density at radius 1 is 1.62 bits per heavy atom. The molecule has 0 atom stereocenters. The SMILES string of the molecule is CC#CC(=O)Nc1ccc(I)cn1. The van der Waals surface area contributed by atoms with Crippen LogP contribution in [0.2, 0.25) is 0 Å². The first kappa shape index (κ1) is 9.99. The molecule has 0 aromatic carbocycles. The minimum absolute atomic E-state index is 0.337. The fourth-order valence-corrected chi connectivity index (χ4v) is 1.03. The third kappa shape index (κ3) is 3.42. The Morgan fingerprint density at radius 3 is 2.92 bits per heavy atom. The monoisotopic (exact) mass is 286 g/mol. The number of carbonyl (C=O) groups excluding carboxylic acids is 1. The molecule has 1 amide bonds. The third-order valence-corrected chi connectivity index (χ3v) is 1.85. The van der Waals surface area contributed by atoms with Gasteiger partial charge in [0, 0.05) is 9.77 Å². The molecule has 1 aromatic heterocycles. The van der Waals surface area contributed by atoms with Crippen LogP contribution in [0.1, 0.15) is 6.92 Å². The molecule has 1 heterocycles. The van der Waals surface area contributed by atoms with Crippen molar-refractivity contribution in [1.29, 1.82) is 0 Å². The van der Waals surface area contributed by atoms with Crippen molar-refractivity contribution in [2.45, 2.75) is 6.92 Å². The Balaban J connectivity index is 2.68. The normalized spacial score (nSPS) is 8.46. The maximum Gasteiger partial charge on any atom is 0.301 e. The van der Waals surface area contributed by atoms with E-state index in [1.807, 2.05) is 6.07 Å². The standard InChI is InChI=1S/C9H7IN2O/c1-2-3-9(13)12-8-5-4-7(10)6-11-8/h4-6H,1H3,(H,11,12,13). The molecule has 0 aliphatic carbocycles. The quantitative estimate of drug-likeness (QED) is 0.630. The lowest BCUT2D eigenvalue weighted by molar-refractivity contribution is -0.111. The van der Waals surface area contributed by atoms with Crippen molar-refractivity contribution < 1.29 is 4.79 Å². The summed E-state index contributed by atoms with van der Waals surface area (Å²) in [5, 5.41) is 2.54. The third-order valence-electron chi connectivity index (χ3n) is 1.21. The van der Waals surface area contributed by atoms with E-state index in [0.717, 1.165) is 3.57 Å². The highest BCUT2D eigenvalue weighted by Crippen LogP contribution is 2.06. The summed E-state index contributed by atoms with van der Waals surface area (Å²) < 4.78 is 1.03. The molecule has 1 N–H and O–H groups in total. The van der Waals surface area contributed by atoms with Crippen LogP contribution >= 0.6 is 22.6 Å². The molecule has 1 rings (SSSR count). The van der Waals surface area contributed by atoms with E-state index in [2.05, 4.69) is 44.7 Å². The number of aromatic nitrogens is 1. The second kappa shape index (κ2) is 4.82. The molecule has 0 saturated carbocycles. The summed E-state index contributed by atoms with van der Waals surface area (Å²) in [6.45, 7) is 1.61. The zero-order valence-corrected chi connectivity index (χ0v) is 9.12. The van der Waals surface area contributed by atoms with Crippen molar-refractivity contribution in [2.75, 3.05) is 5.32 Å². The number of rotatable bonds is 1. The van der Waals surface area contributed by atoms with E-state index in [0.29, 0.717) is 5.82 Å². The Labute approximate surface area is 90.1 Å². The topological polar surface area (TPSA) is 42.0 Å². The minimum atomic E-state index is -0.337. The van der Waals surface area contributed by atoms with Gasteiger partial charge in [-0.15, -0.1) is 0 Å². The Bertz CT molecular complexity index is 361. The molecule has 3 nitrogen and oxygen atoms in total. The van der Waals surface area contributed by atoms with E-state index in [1.165, 1.54) is 0 Å². The lowest BCUT2D eigenvalue weighted by atomic mass is 10.4. The summed E-state index contributed by atoms with van der Waals surface area (Å²) in [7, 11) is 0. The molecular weight excluding hydrogens is 279 g/mol. The first-order chi connectivity index (χ1) is 6.22. The molecule has 0 saturated heterocycles. The fourth-order valence-electron chi connectivity index (χ4n) is 0.711. The van der Waals surface area contributed by atoms with E-state index in [4.69, 9.17) is 0 Å². The zero-order chi connectivity index (χ0) is 9.68. The van der Waals surface area contributed by atoms with Crippen LogP contribution in [0.25, 0.3) is 0 Å². The van der Waals surface area contributed by atoms with Crippen molar-refractivity contribution in [1.82, 2.24) is 4.98 Å². The summed E-state index contributed by atoms with van der Waals surface area (Å²) in [6, 6.07) is 3.60. The predicted molar refractivity (Wildman–Crippen MR) is 59.0 cm³/mol. The van der Waals surface area contributed by atoms with Gasteiger partial charge in [-0.25, -0.2) is 4.98 Å². The number of pyridine rings is 1. The molecule has 66 valence electrons. The summed E-state index contributed by atoms with van der Waals surface area (Å²) in [4.78, 5) is 15.0. The van der Waals surface area contributed by atoms with Gasteiger partial charge in [0.15, 0.2) is 0 Å². The van der Waals surface area contributed by atoms with Gasteiger partial charge in [-0.2, -0.15) is 0 Å². The lowest BCUT2D eigenvalue weighted by Crippen LogP contribution is -2.09. The summed E-state index contributed by atoms with van der Waals surface area (Å²) in [6.07, 6.45) is 1.68. The number of carbonyl (C=O) groups is 1. The van der Waals surface area contributed by atoms with Crippen molar-refractivity contribution in [3.8, 4) is 11.8 Å². The van der Waals surface area contributed by atoms with E-state index in [1.54, 1.807) is 19.2 Å². The molecule has 0 bridgehead atoms. The van der Waals surface area contributed by atoms with Gasteiger partial charge in [-0.3, -0.25) is 10.1 Å². The molecule has 0 fully saturated rings. The second-order valence-electron chi connectivity index (χ2n) is 2.19. The highest BCUT2D eigenvalue weighted by Gasteiger charge is 1.97. The highest BCUT2D eigenvalue weighted by atomic mass is 127. The van der Waals surface area contributed by atoms with Gasteiger partial charge in [-0.05, 0) is 47.6 Å². The molecule has 0 unspecified atom stereocenters. The zero-order valence-electron chi connectivity index (χ0n) is 6.97.